The number of rotatable bonds is 5. The Labute approximate surface area is 127 Å². The molecule has 1 saturated carbocycles. The fourth-order valence-corrected chi connectivity index (χ4v) is 3.65. The number of ether oxygens (including phenoxy) is 1. The molecule has 0 saturated heterocycles. The molecule has 4 heteroatoms. The summed E-state index contributed by atoms with van der Waals surface area (Å²) in [6.45, 7) is 6.66. The Bertz CT molecular complexity index is 476. The second kappa shape index (κ2) is 6.86. The number of hydrogen-bond acceptors (Lipinski definition) is 3. The molecule has 0 radical (unpaired) electrons. The van der Waals surface area contributed by atoms with E-state index in [4.69, 9.17) is 10.6 Å². The number of nitrogens with one attached hydrogen (secondary N) is 1. The van der Waals surface area contributed by atoms with Crippen LogP contribution in [0.25, 0.3) is 0 Å². The SMILES string of the molecule is CCOC1(C(NN)c2ccc(C)c(F)c2)CCCC(C)C1. The van der Waals surface area contributed by atoms with E-state index in [1.54, 1.807) is 19.1 Å². The molecule has 1 aromatic rings. The van der Waals surface area contributed by atoms with E-state index in [1.165, 1.54) is 6.42 Å². The van der Waals surface area contributed by atoms with E-state index in [0.29, 0.717) is 18.1 Å². The molecule has 1 aromatic carbocycles. The van der Waals surface area contributed by atoms with Crippen molar-refractivity contribution >= 4 is 0 Å². The number of benzene rings is 1. The van der Waals surface area contributed by atoms with Crippen molar-refractivity contribution in [3.05, 3.63) is 35.1 Å². The Hall–Kier alpha value is -0.970. The maximum Gasteiger partial charge on any atom is 0.126 e. The number of aryl methyl sites for hydroxylation is 1. The highest BCUT2D eigenvalue weighted by Gasteiger charge is 2.43. The second-order valence-electron chi connectivity index (χ2n) is 6.31. The summed E-state index contributed by atoms with van der Waals surface area (Å²) in [5.74, 6) is 6.23. The van der Waals surface area contributed by atoms with Gasteiger partial charge in [-0.05, 0) is 49.8 Å². The van der Waals surface area contributed by atoms with Gasteiger partial charge in [0.2, 0.25) is 0 Å². The molecular weight excluding hydrogens is 267 g/mol. The summed E-state index contributed by atoms with van der Waals surface area (Å²) in [7, 11) is 0. The van der Waals surface area contributed by atoms with Crippen LogP contribution in [-0.4, -0.2) is 12.2 Å². The second-order valence-corrected chi connectivity index (χ2v) is 6.31. The van der Waals surface area contributed by atoms with Crippen molar-refractivity contribution in [1.82, 2.24) is 5.43 Å². The minimum absolute atomic E-state index is 0.185. The highest BCUT2D eigenvalue weighted by Crippen LogP contribution is 2.43. The molecule has 1 fully saturated rings. The van der Waals surface area contributed by atoms with E-state index in [-0.39, 0.29) is 17.5 Å². The van der Waals surface area contributed by atoms with Gasteiger partial charge in [0.05, 0.1) is 11.6 Å². The monoisotopic (exact) mass is 294 g/mol. The predicted molar refractivity (Wildman–Crippen MR) is 83.2 cm³/mol. The Kier molecular flexibility index (Phi) is 5.36. The van der Waals surface area contributed by atoms with Crippen LogP contribution < -0.4 is 11.3 Å². The van der Waals surface area contributed by atoms with Gasteiger partial charge in [-0.1, -0.05) is 31.9 Å². The molecule has 0 aliphatic heterocycles. The molecule has 0 spiro atoms. The van der Waals surface area contributed by atoms with Crippen LogP contribution in [-0.2, 0) is 4.74 Å². The first-order chi connectivity index (χ1) is 10.0. The third-order valence-corrected chi connectivity index (χ3v) is 4.64. The third-order valence-electron chi connectivity index (χ3n) is 4.64. The van der Waals surface area contributed by atoms with E-state index >= 15 is 0 Å². The summed E-state index contributed by atoms with van der Waals surface area (Å²) in [5, 5.41) is 0. The minimum Gasteiger partial charge on any atom is -0.373 e. The lowest BCUT2D eigenvalue weighted by Gasteiger charge is -2.45. The largest absolute Gasteiger partial charge is 0.373 e. The standard InChI is InChI=1S/C17H27FN2O/c1-4-21-17(9-5-6-12(2)11-17)16(20-19)14-8-7-13(3)15(18)10-14/h7-8,10,12,16,20H,4-6,9,11,19H2,1-3H3. The van der Waals surface area contributed by atoms with Crippen molar-refractivity contribution in [2.45, 2.75) is 58.1 Å². The first kappa shape index (κ1) is 16.4. The lowest BCUT2D eigenvalue weighted by molar-refractivity contribution is -0.102. The lowest BCUT2D eigenvalue weighted by Crippen LogP contribution is -2.51. The number of nitrogens with two attached hydrogens (primary N) is 1. The fraction of sp³-hybridized carbons (Fsp3) is 0.647. The molecule has 0 amide bonds. The van der Waals surface area contributed by atoms with Crippen molar-refractivity contribution in [2.24, 2.45) is 11.8 Å². The molecule has 3 atom stereocenters. The van der Waals surface area contributed by atoms with Crippen LogP contribution in [0.4, 0.5) is 4.39 Å². The first-order valence-corrected chi connectivity index (χ1v) is 7.88. The predicted octanol–water partition coefficient (Wildman–Crippen LogP) is 3.62. The zero-order valence-corrected chi connectivity index (χ0v) is 13.3. The maximum absolute atomic E-state index is 13.9. The molecule has 0 aromatic heterocycles. The van der Waals surface area contributed by atoms with Crippen LogP contribution in [0.15, 0.2) is 18.2 Å². The zero-order chi connectivity index (χ0) is 15.5. The van der Waals surface area contributed by atoms with Crippen LogP contribution in [0.3, 0.4) is 0 Å². The van der Waals surface area contributed by atoms with E-state index in [9.17, 15) is 4.39 Å². The first-order valence-electron chi connectivity index (χ1n) is 7.88. The molecular formula is C17H27FN2O. The minimum atomic E-state index is -0.344. The van der Waals surface area contributed by atoms with Gasteiger partial charge in [-0.3, -0.25) is 11.3 Å². The van der Waals surface area contributed by atoms with E-state index < -0.39 is 0 Å². The van der Waals surface area contributed by atoms with Crippen LogP contribution >= 0.6 is 0 Å². The quantitative estimate of drug-likeness (QED) is 0.644. The van der Waals surface area contributed by atoms with Gasteiger partial charge in [0.15, 0.2) is 0 Å². The van der Waals surface area contributed by atoms with Crippen LogP contribution in [0.5, 0.6) is 0 Å². The van der Waals surface area contributed by atoms with Crippen LogP contribution in [0.1, 0.15) is 56.7 Å². The molecule has 21 heavy (non-hydrogen) atoms. The fourth-order valence-electron chi connectivity index (χ4n) is 3.65. The van der Waals surface area contributed by atoms with Gasteiger partial charge in [-0.15, -0.1) is 0 Å². The zero-order valence-electron chi connectivity index (χ0n) is 13.3. The molecule has 1 aliphatic carbocycles. The van der Waals surface area contributed by atoms with E-state index in [2.05, 4.69) is 12.3 Å². The number of halogens is 1. The summed E-state index contributed by atoms with van der Waals surface area (Å²) >= 11 is 0. The summed E-state index contributed by atoms with van der Waals surface area (Å²) in [4.78, 5) is 0. The Balaban J connectivity index is 2.37. The smallest absolute Gasteiger partial charge is 0.126 e. The van der Waals surface area contributed by atoms with Crippen molar-refractivity contribution < 1.29 is 9.13 Å². The van der Waals surface area contributed by atoms with Crippen LogP contribution in [0, 0.1) is 18.7 Å². The molecule has 0 bridgehead atoms. The average molecular weight is 294 g/mol. The molecule has 3 nitrogen and oxygen atoms in total. The summed E-state index contributed by atoms with van der Waals surface area (Å²) < 4.78 is 20.1. The summed E-state index contributed by atoms with van der Waals surface area (Å²) in [6.07, 6.45) is 4.24. The van der Waals surface area contributed by atoms with Gasteiger partial charge in [0.25, 0.3) is 0 Å². The maximum atomic E-state index is 13.9. The van der Waals surface area contributed by atoms with Crippen molar-refractivity contribution in [3.63, 3.8) is 0 Å². The average Bonchev–Trinajstić information content (AvgIpc) is 2.44. The number of hydrazine groups is 1. The molecule has 118 valence electrons. The van der Waals surface area contributed by atoms with E-state index in [1.807, 2.05) is 13.0 Å². The van der Waals surface area contributed by atoms with Crippen molar-refractivity contribution in [2.75, 3.05) is 6.61 Å². The van der Waals surface area contributed by atoms with Gasteiger partial charge in [0, 0.05) is 6.61 Å². The molecule has 3 N–H and O–H groups in total. The Morgan fingerprint density at radius 2 is 2.29 bits per heavy atom. The summed E-state index contributed by atoms with van der Waals surface area (Å²) in [6, 6.07) is 5.15. The van der Waals surface area contributed by atoms with Gasteiger partial charge in [0.1, 0.15) is 5.82 Å². The van der Waals surface area contributed by atoms with Gasteiger partial charge < -0.3 is 4.74 Å². The Morgan fingerprint density at radius 3 is 2.86 bits per heavy atom. The lowest BCUT2D eigenvalue weighted by atomic mass is 9.73. The van der Waals surface area contributed by atoms with Crippen molar-refractivity contribution in [3.8, 4) is 0 Å². The highest BCUT2D eigenvalue weighted by atomic mass is 19.1. The normalized spacial score (nSPS) is 27.6. The Morgan fingerprint density at radius 1 is 1.52 bits per heavy atom. The van der Waals surface area contributed by atoms with Gasteiger partial charge in [-0.2, -0.15) is 0 Å². The van der Waals surface area contributed by atoms with Gasteiger partial charge >= 0.3 is 0 Å². The molecule has 0 heterocycles. The van der Waals surface area contributed by atoms with Gasteiger partial charge in [-0.25, -0.2) is 4.39 Å². The molecule has 1 aliphatic rings. The molecule has 2 rings (SSSR count). The number of hydrogen-bond donors (Lipinski definition) is 2. The molecule has 3 unspecified atom stereocenters. The summed E-state index contributed by atoms with van der Waals surface area (Å²) in [5.41, 5.74) is 4.06. The van der Waals surface area contributed by atoms with E-state index in [0.717, 1.165) is 24.8 Å². The highest BCUT2D eigenvalue weighted by molar-refractivity contribution is 5.28. The topological polar surface area (TPSA) is 47.3 Å². The van der Waals surface area contributed by atoms with Crippen molar-refractivity contribution in [1.29, 1.82) is 0 Å². The third kappa shape index (κ3) is 3.44. The van der Waals surface area contributed by atoms with Crippen LogP contribution in [0.2, 0.25) is 0 Å².